The van der Waals surface area contributed by atoms with Gasteiger partial charge in [0.1, 0.15) is 5.69 Å². The molecule has 3 aromatic rings. The summed E-state index contributed by atoms with van der Waals surface area (Å²) in [5.74, 6) is -0.226. The number of H-pyrrole nitrogens is 1. The minimum absolute atomic E-state index is 0.0666. The van der Waals surface area contributed by atoms with E-state index in [4.69, 9.17) is 15.7 Å². The Morgan fingerprint density at radius 2 is 1.80 bits per heavy atom. The Bertz CT molecular complexity index is 1190. The fraction of sp³-hybridized carbons (Fsp3) is 0.158. The second-order valence-corrected chi connectivity index (χ2v) is 8.91. The zero-order chi connectivity index (χ0) is 22.6. The molecule has 0 aliphatic heterocycles. The number of aromatic nitrogens is 1. The zero-order valence-corrected chi connectivity index (χ0v) is 18.9. The highest BCUT2D eigenvalue weighted by Gasteiger charge is 2.13. The molecule has 3 rings (SSSR count). The average Bonchev–Trinajstić information content (AvgIpc) is 3.05. The molecule has 0 unspecified atom stereocenters. The van der Waals surface area contributed by atoms with E-state index >= 15 is 0 Å². The van der Waals surface area contributed by atoms with E-state index in [-0.39, 0.29) is 16.8 Å². The molecule has 1 aromatic heterocycles. The SMILES string of the molecule is CN(C)C(=O)c1cc2cc(NC(=N)N)cc(Br)c2[nH]1.Cc1ccc(S(=O)(=O)O)cc1. The van der Waals surface area contributed by atoms with Gasteiger partial charge >= 0.3 is 0 Å². The van der Waals surface area contributed by atoms with Gasteiger partial charge in [0.05, 0.1) is 10.4 Å². The third-order valence-electron chi connectivity index (χ3n) is 3.91. The van der Waals surface area contributed by atoms with Crippen LogP contribution in [0.1, 0.15) is 16.1 Å². The van der Waals surface area contributed by atoms with Crippen molar-refractivity contribution >= 4 is 54.5 Å². The number of carbonyl (C=O) groups excluding carboxylic acids is 1. The molecule has 0 spiro atoms. The number of nitrogens with zero attached hydrogens (tertiary/aromatic N) is 1. The zero-order valence-electron chi connectivity index (χ0n) is 16.5. The third-order valence-corrected chi connectivity index (χ3v) is 5.41. The van der Waals surface area contributed by atoms with E-state index in [2.05, 4.69) is 26.2 Å². The Hall–Kier alpha value is -2.89. The van der Waals surface area contributed by atoms with Crippen LogP contribution in [0.25, 0.3) is 10.9 Å². The largest absolute Gasteiger partial charge is 0.370 e. The standard InChI is InChI=1S/C12H14BrN5O.C7H8O3S/c1-18(2)11(19)9-4-6-3-7(16-12(14)15)5-8(13)10(6)17-9;1-6-2-4-7(5-3-6)11(8,9)10/h3-5,17H,1-2H3,(H4,14,15,16);2-5H,1H3,(H,8,9,10). The number of hydrogen-bond donors (Lipinski definition) is 5. The normalized spacial score (nSPS) is 10.8. The minimum Gasteiger partial charge on any atom is -0.370 e. The molecule has 0 fully saturated rings. The highest BCUT2D eigenvalue weighted by atomic mass is 79.9. The maximum Gasteiger partial charge on any atom is 0.294 e. The number of guanidine groups is 1. The van der Waals surface area contributed by atoms with Crippen LogP contribution in [-0.4, -0.2) is 48.8 Å². The molecule has 11 heteroatoms. The van der Waals surface area contributed by atoms with E-state index in [0.29, 0.717) is 11.4 Å². The number of rotatable bonds is 3. The lowest BCUT2D eigenvalue weighted by Crippen LogP contribution is -2.21. The summed E-state index contributed by atoms with van der Waals surface area (Å²) < 4.78 is 30.3. The molecule has 0 radical (unpaired) electrons. The van der Waals surface area contributed by atoms with Crippen molar-refractivity contribution in [3.05, 3.63) is 58.2 Å². The van der Waals surface area contributed by atoms with Crippen molar-refractivity contribution in [2.75, 3.05) is 19.4 Å². The van der Waals surface area contributed by atoms with Crippen molar-refractivity contribution in [3.63, 3.8) is 0 Å². The first kappa shape index (κ1) is 23.4. The van der Waals surface area contributed by atoms with Crippen LogP contribution >= 0.6 is 15.9 Å². The maximum absolute atomic E-state index is 11.9. The van der Waals surface area contributed by atoms with Crippen molar-refractivity contribution in [2.45, 2.75) is 11.8 Å². The van der Waals surface area contributed by atoms with Crippen LogP contribution in [0, 0.1) is 12.3 Å². The number of aromatic amines is 1. The van der Waals surface area contributed by atoms with Crippen LogP contribution in [-0.2, 0) is 10.1 Å². The van der Waals surface area contributed by atoms with Crippen molar-refractivity contribution in [2.24, 2.45) is 5.73 Å². The van der Waals surface area contributed by atoms with E-state index < -0.39 is 10.1 Å². The van der Waals surface area contributed by atoms with Gasteiger partial charge in [-0.25, -0.2) is 0 Å². The summed E-state index contributed by atoms with van der Waals surface area (Å²) in [6, 6.07) is 11.4. The van der Waals surface area contributed by atoms with Crippen molar-refractivity contribution in [3.8, 4) is 0 Å². The van der Waals surface area contributed by atoms with Crippen LogP contribution in [0.3, 0.4) is 0 Å². The highest BCUT2D eigenvalue weighted by molar-refractivity contribution is 9.10. The molecule has 0 saturated heterocycles. The van der Waals surface area contributed by atoms with Gasteiger partial charge in [0.25, 0.3) is 16.0 Å². The van der Waals surface area contributed by atoms with Gasteiger partial charge in [-0.3, -0.25) is 14.8 Å². The number of nitrogens with two attached hydrogens (primary N) is 1. The van der Waals surface area contributed by atoms with Crippen molar-refractivity contribution < 1.29 is 17.8 Å². The van der Waals surface area contributed by atoms with E-state index in [1.165, 1.54) is 17.0 Å². The summed E-state index contributed by atoms with van der Waals surface area (Å²) in [5, 5.41) is 10.8. The Morgan fingerprint density at radius 3 is 2.30 bits per heavy atom. The molecule has 0 bridgehead atoms. The average molecular weight is 496 g/mol. The van der Waals surface area contributed by atoms with E-state index in [9.17, 15) is 13.2 Å². The van der Waals surface area contributed by atoms with E-state index in [1.807, 2.05) is 13.0 Å². The molecular formula is C19H22BrN5O4S. The van der Waals surface area contributed by atoms with Gasteiger partial charge in [0.2, 0.25) is 0 Å². The number of hydrogen-bond acceptors (Lipinski definition) is 4. The number of aryl methyl sites for hydroxylation is 1. The predicted octanol–water partition coefficient (Wildman–Crippen LogP) is 3.18. The number of amides is 1. The highest BCUT2D eigenvalue weighted by Crippen LogP contribution is 2.28. The number of halogens is 1. The summed E-state index contributed by atoms with van der Waals surface area (Å²) in [7, 11) is -0.620. The lowest BCUT2D eigenvalue weighted by Gasteiger charge is -2.07. The molecule has 2 aromatic carbocycles. The van der Waals surface area contributed by atoms with E-state index in [1.54, 1.807) is 38.4 Å². The van der Waals surface area contributed by atoms with Gasteiger partial charge in [-0.15, -0.1) is 0 Å². The van der Waals surface area contributed by atoms with Crippen LogP contribution in [0.2, 0.25) is 0 Å². The molecule has 6 N–H and O–H groups in total. The predicted molar refractivity (Wildman–Crippen MR) is 121 cm³/mol. The quantitative estimate of drug-likeness (QED) is 0.213. The van der Waals surface area contributed by atoms with Gasteiger partial charge in [-0.05, 0) is 53.2 Å². The number of fused-ring (bicyclic) bond motifs is 1. The van der Waals surface area contributed by atoms with Gasteiger partial charge in [-0.2, -0.15) is 8.42 Å². The maximum atomic E-state index is 11.9. The van der Waals surface area contributed by atoms with E-state index in [0.717, 1.165) is 20.9 Å². The van der Waals surface area contributed by atoms with Crippen LogP contribution in [0.5, 0.6) is 0 Å². The van der Waals surface area contributed by atoms with Crippen LogP contribution in [0.15, 0.2) is 51.8 Å². The third kappa shape index (κ3) is 6.05. The number of nitrogens with one attached hydrogen (secondary N) is 3. The Labute approximate surface area is 182 Å². The van der Waals surface area contributed by atoms with Crippen molar-refractivity contribution in [1.82, 2.24) is 9.88 Å². The fourth-order valence-electron chi connectivity index (χ4n) is 2.49. The summed E-state index contributed by atoms with van der Waals surface area (Å²) in [4.78, 5) is 16.4. The molecule has 30 heavy (non-hydrogen) atoms. The second kappa shape index (κ2) is 9.28. The molecule has 0 atom stereocenters. The Kier molecular flexibility index (Phi) is 7.24. The first-order chi connectivity index (χ1) is 13.9. The molecule has 1 amide bonds. The summed E-state index contributed by atoms with van der Waals surface area (Å²) >= 11 is 3.43. The molecule has 9 nitrogen and oxygen atoms in total. The number of anilines is 1. The lowest BCUT2D eigenvalue weighted by molar-refractivity contribution is 0.0823. The van der Waals surface area contributed by atoms with Gasteiger partial charge < -0.3 is 20.9 Å². The minimum atomic E-state index is -4.02. The molecule has 0 saturated carbocycles. The Morgan fingerprint density at radius 1 is 1.20 bits per heavy atom. The fourth-order valence-corrected chi connectivity index (χ4v) is 3.55. The van der Waals surface area contributed by atoms with Crippen LogP contribution in [0.4, 0.5) is 5.69 Å². The van der Waals surface area contributed by atoms with Crippen LogP contribution < -0.4 is 11.1 Å². The first-order valence-corrected chi connectivity index (χ1v) is 10.8. The second-order valence-electron chi connectivity index (χ2n) is 6.63. The molecule has 0 aliphatic rings. The summed E-state index contributed by atoms with van der Waals surface area (Å²) in [6.45, 7) is 1.84. The molecule has 1 heterocycles. The lowest BCUT2D eigenvalue weighted by atomic mass is 10.2. The van der Waals surface area contributed by atoms with Crippen molar-refractivity contribution in [1.29, 1.82) is 5.41 Å². The van der Waals surface area contributed by atoms with Gasteiger partial charge in [0, 0.05) is 29.6 Å². The molecule has 160 valence electrons. The molecular weight excluding hydrogens is 474 g/mol. The molecule has 0 aliphatic carbocycles. The summed E-state index contributed by atoms with van der Waals surface area (Å²) in [6.07, 6.45) is 0. The topological polar surface area (TPSA) is 152 Å². The monoisotopic (exact) mass is 495 g/mol. The Balaban J connectivity index is 0.000000248. The number of carbonyl (C=O) groups is 1. The summed E-state index contributed by atoms with van der Waals surface area (Å²) in [5.41, 5.74) is 8.29. The van der Waals surface area contributed by atoms with Gasteiger partial charge in [0.15, 0.2) is 5.96 Å². The van der Waals surface area contributed by atoms with Gasteiger partial charge in [-0.1, -0.05) is 17.7 Å². The first-order valence-electron chi connectivity index (χ1n) is 8.57. The number of benzene rings is 2. The smallest absolute Gasteiger partial charge is 0.294 e.